The molecule has 2 atom stereocenters. The summed E-state index contributed by atoms with van der Waals surface area (Å²) in [5.74, 6) is -0.314. The van der Waals surface area contributed by atoms with Crippen molar-refractivity contribution in [1.29, 1.82) is 0 Å². The number of halogens is 2. The molecular formula is C9H10BrClO2. The van der Waals surface area contributed by atoms with Crippen molar-refractivity contribution < 1.29 is 9.53 Å². The van der Waals surface area contributed by atoms with Gasteiger partial charge >= 0.3 is 5.97 Å². The second-order valence-corrected chi connectivity index (χ2v) is 5.22. The summed E-state index contributed by atoms with van der Waals surface area (Å²) in [5, 5.41) is 0. The molecule has 1 aliphatic rings. The third kappa shape index (κ3) is 3.16. The van der Waals surface area contributed by atoms with Crippen LogP contribution in [0, 0.1) is 5.92 Å². The van der Waals surface area contributed by atoms with Gasteiger partial charge in [-0.1, -0.05) is 40.2 Å². The smallest absolute Gasteiger partial charge is 0.302 e. The number of allylic oxidation sites excluding steroid dienone is 3. The fourth-order valence-corrected chi connectivity index (χ4v) is 1.65. The average Bonchev–Trinajstić information content (AvgIpc) is 2.01. The zero-order chi connectivity index (χ0) is 9.90. The first kappa shape index (κ1) is 10.8. The zero-order valence-corrected chi connectivity index (χ0v) is 9.51. The van der Waals surface area contributed by atoms with Gasteiger partial charge in [0.05, 0.1) is 0 Å². The maximum Gasteiger partial charge on any atom is 0.302 e. The summed E-state index contributed by atoms with van der Waals surface area (Å²) in [4.78, 5) is 10.6. The highest BCUT2D eigenvalue weighted by molar-refractivity contribution is 9.10. The number of hydrogen-bond acceptors (Lipinski definition) is 2. The molecule has 1 aliphatic carbocycles. The zero-order valence-electron chi connectivity index (χ0n) is 7.17. The normalized spacial score (nSPS) is 31.8. The van der Waals surface area contributed by atoms with Gasteiger partial charge in [-0.15, -0.1) is 11.6 Å². The van der Waals surface area contributed by atoms with E-state index in [1.807, 2.05) is 24.3 Å². The van der Waals surface area contributed by atoms with Crippen LogP contribution in [-0.4, -0.2) is 16.4 Å². The summed E-state index contributed by atoms with van der Waals surface area (Å²) in [6, 6.07) is 0. The Hall–Kier alpha value is -0.280. The van der Waals surface area contributed by atoms with Crippen LogP contribution in [-0.2, 0) is 9.53 Å². The lowest BCUT2D eigenvalue weighted by Gasteiger charge is -2.26. The van der Waals surface area contributed by atoms with E-state index >= 15 is 0 Å². The summed E-state index contributed by atoms with van der Waals surface area (Å²) < 4.78 is 4.25. The molecule has 13 heavy (non-hydrogen) atoms. The molecule has 0 amide bonds. The first-order valence-corrected chi connectivity index (χ1v) is 5.06. The van der Waals surface area contributed by atoms with Gasteiger partial charge in [-0.2, -0.15) is 0 Å². The molecule has 0 aromatic heterocycles. The second kappa shape index (κ2) is 4.29. The molecule has 1 rings (SSSR count). The van der Waals surface area contributed by atoms with Crippen molar-refractivity contribution in [1.82, 2.24) is 0 Å². The maximum atomic E-state index is 10.6. The molecule has 2 unspecified atom stereocenters. The Morgan fingerprint density at radius 1 is 1.69 bits per heavy atom. The maximum absolute atomic E-state index is 10.6. The number of carbonyl (C=O) groups is 1. The van der Waals surface area contributed by atoms with Gasteiger partial charge in [-0.05, 0) is 0 Å². The Bertz CT molecular complexity index is 258. The minimum atomic E-state index is -0.628. The number of rotatable bonds is 2. The van der Waals surface area contributed by atoms with Crippen LogP contribution in [0.15, 0.2) is 24.3 Å². The molecule has 72 valence electrons. The molecule has 0 N–H and O–H groups in total. The number of alkyl halides is 2. The van der Waals surface area contributed by atoms with Crippen LogP contribution >= 0.6 is 27.5 Å². The third-order valence-corrected chi connectivity index (χ3v) is 2.99. The van der Waals surface area contributed by atoms with Crippen LogP contribution in [0.4, 0.5) is 0 Å². The van der Waals surface area contributed by atoms with Gasteiger partial charge < -0.3 is 4.74 Å². The van der Waals surface area contributed by atoms with E-state index in [0.717, 1.165) is 0 Å². The van der Waals surface area contributed by atoms with Gasteiger partial charge in [-0.3, -0.25) is 4.79 Å². The summed E-state index contributed by atoms with van der Waals surface area (Å²) in [5.41, 5.74) is 0. The van der Waals surface area contributed by atoms with Gasteiger partial charge in [0.2, 0.25) is 0 Å². The molecule has 0 bridgehead atoms. The molecule has 0 fully saturated rings. The van der Waals surface area contributed by atoms with Gasteiger partial charge in [-0.25, -0.2) is 0 Å². The summed E-state index contributed by atoms with van der Waals surface area (Å²) >= 11 is 9.45. The largest absolute Gasteiger partial charge is 0.465 e. The minimum absolute atomic E-state index is 0.0249. The predicted octanol–water partition coefficient (Wildman–Crippen LogP) is 2.62. The van der Waals surface area contributed by atoms with Crippen molar-refractivity contribution in [3.8, 4) is 0 Å². The Balaban J connectivity index is 2.54. The van der Waals surface area contributed by atoms with E-state index in [1.165, 1.54) is 6.92 Å². The lowest BCUT2D eigenvalue weighted by molar-refractivity contribution is -0.141. The lowest BCUT2D eigenvalue weighted by atomic mass is 10.0. The van der Waals surface area contributed by atoms with E-state index in [4.69, 9.17) is 16.3 Å². The fourth-order valence-electron chi connectivity index (χ4n) is 1.01. The first-order chi connectivity index (χ1) is 6.02. The Morgan fingerprint density at radius 3 is 2.92 bits per heavy atom. The molecule has 0 heterocycles. The number of hydrogen-bond donors (Lipinski definition) is 0. The number of esters is 1. The van der Waals surface area contributed by atoms with Crippen molar-refractivity contribution in [3.63, 3.8) is 0 Å². The van der Waals surface area contributed by atoms with Crippen molar-refractivity contribution >= 4 is 33.5 Å². The molecule has 0 saturated heterocycles. The van der Waals surface area contributed by atoms with Crippen molar-refractivity contribution in [2.45, 2.75) is 10.7 Å². The third-order valence-electron chi connectivity index (χ3n) is 1.73. The molecule has 0 aromatic rings. The quantitative estimate of drug-likeness (QED) is 0.567. The lowest BCUT2D eigenvalue weighted by Crippen LogP contribution is -2.27. The van der Waals surface area contributed by atoms with Crippen LogP contribution in [0.1, 0.15) is 6.92 Å². The topological polar surface area (TPSA) is 26.3 Å². The molecule has 0 radical (unpaired) electrons. The molecular weight excluding hydrogens is 255 g/mol. The van der Waals surface area contributed by atoms with Gasteiger partial charge in [0.25, 0.3) is 0 Å². The highest BCUT2D eigenvalue weighted by Gasteiger charge is 2.31. The highest BCUT2D eigenvalue weighted by Crippen LogP contribution is 2.37. The van der Waals surface area contributed by atoms with E-state index in [9.17, 15) is 4.79 Å². The van der Waals surface area contributed by atoms with E-state index in [-0.39, 0.29) is 11.9 Å². The number of ether oxygens (including phenoxy) is 1. The standard InChI is InChI=1S/C9H10BrClO2/c1-7(12)13-6-8-4-2-3-5-9(8,10)11/h2-5,8H,6H2,1H3. The van der Waals surface area contributed by atoms with Crippen LogP contribution in [0.3, 0.4) is 0 Å². The van der Waals surface area contributed by atoms with Gasteiger partial charge in [0.15, 0.2) is 0 Å². The average molecular weight is 266 g/mol. The Labute approximate surface area is 90.7 Å². The highest BCUT2D eigenvalue weighted by atomic mass is 79.9. The van der Waals surface area contributed by atoms with E-state index in [1.54, 1.807) is 0 Å². The van der Waals surface area contributed by atoms with Crippen LogP contribution in [0.25, 0.3) is 0 Å². The summed E-state index contributed by atoms with van der Waals surface area (Å²) in [6.07, 6.45) is 7.47. The Kier molecular flexibility index (Phi) is 3.56. The molecule has 4 heteroatoms. The summed E-state index contributed by atoms with van der Waals surface area (Å²) in [7, 11) is 0. The van der Waals surface area contributed by atoms with Gasteiger partial charge in [0.1, 0.15) is 10.4 Å². The molecule has 2 nitrogen and oxygen atoms in total. The number of carbonyl (C=O) groups excluding carboxylic acids is 1. The van der Waals surface area contributed by atoms with Crippen LogP contribution in [0.5, 0.6) is 0 Å². The second-order valence-electron chi connectivity index (χ2n) is 2.83. The van der Waals surface area contributed by atoms with E-state index in [0.29, 0.717) is 6.61 Å². The van der Waals surface area contributed by atoms with Crippen molar-refractivity contribution in [2.75, 3.05) is 6.61 Å². The van der Waals surface area contributed by atoms with E-state index < -0.39 is 3.78 Å². The molecule has 0 aromatic carbocycles. The summed E-state index contributed by atoms with van der Waals surface area (Å²) in [6.45, 7) is 1.68. The monoisotopic (exact) mass is 264 g/mol. The van der Waals surface area contributed by atoms with Crippen LogP contribution in [0.2, 0.25) is 0 Å². The molecule has 0 spiro atoms. The van der Waals surface area contributed by atoms with Crippen molar-refractivity contribution in [3.05, 3.63) is 24.3 Å². The first-order valence-electron chi connectivity index (χ1n) is 3.89. The van der Waals surface area contributed by atoms with Gasteiger partial charge in [0, 0.05) is 12.8 Å². The van der Waals surface area contributed by atoms with Crippen LogP contribution < -0.4 is 0 Å². The minimum Gasteiger partial charge on any atom is -0.465 e. The van der Waals surface area contributed by atoms with E-state index in [2.05, 4.69) is 15.9 Å². The fraction of sp³-hybridized carbons (Fsp3) is 0.444. The molecule has 0 saturated carbocycles. The Morgan fingerprint density at radius 2 is 2.38 bits per heavy atom. The molecule has 0 aliphatic heterocycles. The SMILES string of the molecule is CC(=O)OCC1C=CC=CC1(Cl)Br. The predicted molar refractivity (Wildman–Crippen MR) is 55.9 cm³/mol. The van der Waals surface area contributed by atoms with Crippen molar-refractivity contribution in [2.24, 2.45) is 5.92 Å².